The third-order valence-electron chi connectivity index (χ3n) is 5.76. The first-order valence-corrected chi connectivity index (χ1v) is 12.8. The molecule has 1 amide bonds. The number of pyridine rings is 1. The van der Waals surface area contributed by atoms with Crippen molar-refractivity contribution in [1.29, 1.82) is 0 Å². The van der Waals surface area contributed by atoms with E-state index in [0.29, 0.717) is 46.7 Å². The summed E-state index contributed by atoms with van der Waals surface area (Å²) in [5.74, 6) is -0.117. The van der Waals surface area contributed by atoms with Crippen LogP contribution in [0, 0.1) is 0 Å². The first-order chi connectivity index (χ1) is 17.5. The van der Waals surface area contributed by atoms with Gasteiger partial charge in [0.1, 0.15) is 0 Å². The van der Waals surface area contributed by atoms with Crippen LogP contribution in [0.1, 0.15) is 28.0 Å². The third-order valence-corrected chi connectivity index (χ3v) is 6.83. The summed E-state index contributed by atoms with van der Waals surface area (Å²) in [6.45, 7) is 1.01. The summed E-state index contributed by atoms with van der Waals surface area (Å²) in [5, 5.41) is 11.2. The lowest BCUT2D eigenvalue weighted by molar-refractivity contribution is 0.0954. The molecule has 1 unspecified atom stereocenters. The molecule has 8 heteroatoms. The van der Waals surface area contributed by atoms with Crippen LogP contribution in [-0.4, -0.2) is 28.6 Å². The second kappa shape index (κ2) is 12.7. The van der Waals surface area contributed by atoms with Gasteiger partial charge in [0.2, 0.25) is 0 Å². The van der Waals surface area contributed by atoms with Gasteiger partial charge in [0.05, 0.1) is 11.1 Å². The zero-order chi connectivity index (χ0) is 25.3. The Morgan fingerprint density at radius 2 is 1.72 bits per heavy atom. The number of hydrogen-bond acceptors (Lipinski definition) is 3. The van der Waals surface area contributed by atoms with Crippen molar-refractivity contribution in [1.82, 2.24) is 20.9 Å². The summed E-state index contributed by atoms with van der Waals surface area (Å²) in [6, 6.07) is 21.4. The molecule has 0 fully saturated rings. The highest BCUT2D eigenvalue weighted by molar-refractivity contribution is 7.80. The predicted molar refractivity (Wildman–Crippen MR) is 151 cm³/mol. The Bertz CT molecular complexity index is 1290. The maximum atomic E-state index is 13.1. The molecule has 0 spiro atoms. The molecule has 0 aliphatic heterocycles. The minimum Gasteiger partial charge on any atom is -0.359 e. The number of benzene rings is 2. The average Bonchev–Trinajstić information content (AvgIpc) is 2.90. The summed E-state index contributed by atoms with van der Waals surface area (Å²) in [5.41, 5.74) is 4.43. The van der Waals surface area contributed by atoms with Gasteiger partial charge in [0.15, 0.2) is 5.11 Å². The van der Waals surface area contributed by atoms with Crippen molar-refractivity contribution in [3.05, 3.63) is 112 Å². The van der Waals surface area contributed by atoms with Crippen molar-refractivity contribution in [2.45, 2.75) is 25.4 Å². The number of rotatable bonds is 8. The summed E-state index contributed by atoms with van der Waals surface area (Å²) >= 11 is 17.7. The van der Waals surface area contributed by atoms with Gasteiger partial charge in [0, 0.05) is 48.4 Å². The van der Waals surface area contributed by atoms with Crippen LogP contribution in [0.25, 0.3) is 11.1 Å². The number of carbonyl (C=O) groups excluding carboxylic acids is 1. The van der Waals surface area contributed by atoms with Crippen molar-refractivity contribution in [3.8, 4) is 11.1 Å². The smallest absolute Gasteiger partial charge is 0.251 e. The van der Waals surface area contributed by atoms with Crippen LogP contribution in [0.4, 0.5) is 0 Å². The highest BCUT2D eigenvalue weighted by Gasteiger charge is 2.17. The van der Waals surface area contributed by atoms with Gasteiger partial charge < -0.3 is 16.0 Å². The van der Waals surface area contributed by atoms with Gasteiger partial charge >= 0.3 is 0 Å². The molecule has 1 heterocycles. The molecule has 0 bridgehead atoms. The summed E-state index contributed by atoms with van der Waals surface area (Å²) in [7, 11) is 0. The lowest BCUT2D eigenvalue weighted by atomic mass is 9.95. The van der Waals surface area contributed by atoms with Crippen molar-refractivity contribution in [2.24, 2.45) is 0 Å². The van der Waals surface area contributed by atoms with Gasteiger partial charge in [-0.3, -0.25) is 9.78 Å². The van der Waals surface area contributed by atoms with E-state index in [1.165, 1.54) is 0 Å². The van der Waals surface area contributed by atoms with E-state index in [1.54, 1.807) is 12.3 Å². The molecular formula is C28H26Cl2N4OS. The number of amides is 1. The normalized spacial score (nSPS) is 14.9. The van der Waals surface area contributed by atoms with Crippen LogP contribution in [-0.2, 0) is 13.0 Å². The fraction of sp³-hybridized carbons (Fsp3) is 0.179. The van der Waals surface area contributed by atoms with Gasteiger partial charge in [-0.15, -0.1) is 0 Å². The van der Waals surface area contributed by atoms with Crippen LogP contribution in [0.2, 0.25) is 0 Å². The van der Waals surface area contributed by atoms with Gasteiger partial charge in [-0.2, -0.15) is 0 Å². The van der Waals surface area contributed by atoms with Gasteiger partial charge in [-0.05, 0) is 53.2 Å². The molecule has 1 atom stereocenters. The van der Waals surface area contributed by atoms with E-state index in [4.69, 9.17) is 35.4 Å². The highest BCUT2D eigenvalue weighted by atomic mass is 35.5. The van der Waals surface area contributed by atoms with Gasteiger partial charge in [0.25, 0.3) is 5.91 Å². The van der Waals surface area contributed by atoms with Crippen molar-refractivity contribution in [3.63, 3.8) is 0 Å². The average molecular weight is 538 g/mol. The second-order valence-electron chi connectivity index (χ2n) is 8.28. The number of nitrogens with one attached hydrogen (secondary N) is 3. The quantitative estimate of drug-likeness (QED) is 0.322. The molecule has 184 valence electrons. The van der Waals surface area contributed by atoms with Crippen molar-refractivity contribution < 1.29 is 4.79 Å². The lowest BCUT2D eigenvalue weighted by Gasteiger charge is -2.21. The fourth-order valence-electron chi connectivity index (χ4n) is 3.94. The summed E-state index contributed by atoms with van der Waals surface area (Å²) in [4.78, 5) is 17.4. The van der Waals surface area contributed by atoms with E-state index in [-0.39, 0.29) is 11.9 Å². The molecule has 3 N–H and O–H groups in total. The maximum absolute atomic E-state index is 13.1. The van der Waals surface area contributed by atoms with Crippen LogP contribution < -0.4 is 16.0 Å². The molecule has 1 aromatic heterocycles. The van der Waals surface area contributed by atoms with E-state index in [9.17, 15) is 4.79 Å². The number of nitrogens with zero attached hydrogens (tertiary/aromatic N) is 1. The third kappa shape index (κ3) is 6.94. The van der Waals surface area contributed by atoms with Gasteiger partial charge in [-0.1, -0.05) is 77.8 Å². The minimum atomic E-state index is -0.117. The molecule has 4 rings (SSSR count). The highest BCUT2D eigenvalue weighted by Crippen LogP contribution is 2.28. The maximum Gasteiger partial charge on any atom is 0.251 e. The Balaban J connectivity index is 1.41. The molecule has 1 aliphatic rings. The number of thiocarbonyl (C=S) groups is 1. The Kier molecular flexibility index (Phi) is 9.11. The Morgan fingerprint density at radius 1 is 0.972 bits per heavy atom. The molecule has 2 aromatic carbocycles. The molecular weight excluding hydrogens is 511 g/mol. The number of aromatic nitrogens is 1. The van der Waals surface area contributed by atoms with E-state index in [1.807, 2.05) is 72.8 Å². The van der Waals surface area contributed by atoms with Gasteiger partial charge in [-0.25, -0.2) is 0 Å². The van der Waals surface area contributed by atoms with E-state index in [2.05, 4.69) is 20.9 Å². The monoisotopic (exact) mass is 536 g/mol. The van der Waals surface area contributed by atoms with Crippen LogP contribution in [0.15, 0.2) is 95.1 Å². The molecule has 5 nitrogen and oxygen atoms in total. The molecule has 3 aromatic rings. The molecule has 0 saturated carbocycles. The second-order valence-corrected chi connectivity index (χ2v) is 9.55. The van der Waals surface area contributed by atoms with E-state index in [0.717, 1.165) is 22.4 Å². The largest absolute Gasteiger partial charge is 0.359 e. The first-order valence-electron chi connectivity index (χ1n) is 11.6. The number of carbonyl (C=O) groups is 1. The Morgan fingerprint density at radius 3 is 2.50 bits per heavy atom. The molecule has 36 heavy (non-hydrogen) atoms. The number of hydrogen-bond donors (Lipinski definition) is 3. The molecule has 0 saturated heterocycles. The predicted octanol–water partition coefficient (Wildman–Crippen LogP) is 5.70. The minimum absolute atomic E-state index is 0.0225. The molecule has 1 aliphatic carbocycles. The van der Waals surface area contributed by atoms with Crippen LogP contribution >= 0.6 is 35.4 Å². The SMILES string of the molecule is O=C(NCCc1ccccn1)c1ccccc1-c1ccccc1CNC(=S)NC1C=CC(Cl)=C(Cl)C1. The zero-order valence-corrected chi connectivity index (χ0v) is 21.8. The topological polar surface area (TPSA) is 66.0 Å². The van der Waals surface area contributed by atoms with Crippen molar-refractivity contribution in [2.75, 3.05) is 6.54 Å². The first kappa shape index (κ1) is 25.9. The lowest BCUT2D eigenvalue weighted by Crippen LogP contribution is -2.41. The fourth-order valence-corrected chi connectivity index (χ4v) is 4.54. The zero-order valence-electron chi connectivity index (χ0n) is 19.5. The van der Waals surface area contributed by atoms with E-state index < -0.39 is 0 Å². The summed E-state index contributed by atoms with van der Waals surface area (Å²) < 4.78 is 0. The van der Waals surface area contributed by atoms with Crippen molar-refractivity contribution >= 4 is 46.4 Å². The number of allylic oxidation sites excluding steroid dienone is 2. The van der Waals surface area contributed by atoms with Crippen LogP contribution in [0.5, 0.6) is 0 Å². The van der Waals surface area contributed by atoms with Crippen LogP contribution in [0.3, 0.4) is 0 Å². The Labute approximate surface area is 226 Å². The number of halogens is 2. The Hall–Kier alpha value is -3.19. The summed E-state index contributed by atoms with van der Waals surface area (Å²) in [6.07, 6.45) is 6.73. The molecule has 0 radical (unpaired) electrons. The standard InChI is InChI=1S/C28H26Cl2N4OS/c29-25-13-12-21(17-26(25)30)34-28(36)33-18-19-7-1-2-9-22(19)23-10-3-4-11-24(23)27(35)32-16-14-20-8-5-6-15-31-20/h1-13,15,21H,14,16-18H2,(H,32,35)(H2,33,34,36). The van der Waals surface area contributed by atoms with E-state index >= 15 is 0 Å².